The van der Waals surface area contributed by atoms with Crippen molar-refractivity contribution in [3.05, 3.63) is 48.0 Å². The van der Waals surface area contributed by atoms with Crippen LogP contribution in [0.1, 0.15) is 63.4 Å². The van der Waals surface area contributed by atoms with Crippen LogP contribution in [-0.4, -0.2) is 220 Å². The van der Waals surface area contributed by atoms with E-state index in [1.54, 1.807) is 14.7 Å². The van der Waals surface area contributed by atoms with Crippen molar-refractivity contribution in [2.45, 2.75) is 82.3 Å². The summed E-state index contributed by atoms with van der Waals surface area (Å²) in [6.45, 7) is 1.73. The third-order valence-electron chi connectivity index (χ3n) is 13.1. The maximum absolute atomic E-state index is 13.8. The quantitative estimate of drug-likeness (QED) is 0.0508. The fraction of sp³-hybridized carbons (Fsp3) is 0.592. The number of hydrogen-bond donors (Lipinski definition) is 11. The third-order valence-corrected chi connectivity index (χ3v) is 13.1. The zero-order chi connectivity index (χ0) is 54.2. The fourth-order valence-electron chi connectivity index (χ4n) is 8.98. The average Bonchev–Trinajstić information content (AvgIpc) is 3.34. The molecule has 0 bridgehead atoms. The molecule has 2 aromatic carbocycles. The second-order valence-electron chi connectivity index (χ2n) is 18.9. The molecule has 1 heterocycles. The van der Waals surface area contributed by atoms with Crippen molar-refractivity contribution in [1.82, 2.24) is 46.2 Å². The molecule has 1 saturated carbocycles. The molecule has 0 radical (unpaired) electrons. The maximum atomic E-state index is 13.8. The summed E-state index contributed by atoms with van der Waals surface area (Å²) in [5.74, 6) is -8.66. The van der Waals surface area contributed by atoms with Gasteiger partial charge in [0.2, 0.25) is 17.7 Å². The Hall–Kier alpha value is -5.64. The van der Waals surface area contributed by atoms with Crippen LogP contribution in [0.5, 0.6) is 0 Å². The topological polar surface area (TPSA) is 365 Å². The van der Waals surface area contributed by atoms with Gasteiger partial charge in [0, 0.05) is 124 Å². The molecule has 0 unspecified atom stereocenters. The Labute approximate surface area is 466 Å². The Morgan fingerprint density at radius 2 is 1.03 bits per heavy atom. The molecule has 2 aliphatic rings. The van der Waals surface area contributed by atoms with Gasteiger partial charge in [-0.1, -0.05) is 42.5 Å². The molecule has 26 heteroatoms. The number of benzene rings is 2. The monoisotopic (exact) mass is 1270 g/mol. The number of nitrogens with one attached hydrogen (secondary N) is 5. The first-order chi connectivity index (χ1) is 35.2. The predicted octanol–water partition coefficient (Wildman–Crippen LogP) is -0.378. The van der Waals surface area contributed by atoms with Crippen LogP contribution >= 0.6 is 0 Å². The minimum atomic E-state index is -1.55. The van der Waals surface area contributed by atoms with Gasteiger partial charge in [0.15, 0.2) is 0 Å². The molecule has 2 aromatic rings. The molecule has 25 nitrogen and oxygen atoms in total. The standard InChI is InChI=1S/C49H71N9O16.Th/c59-40(28-55-17-19-56(29-42(62)63)21-23-58(31-44(66)67)24-22-57(20-18-55)30-43(64)65)51-27-32-8-12-35(13-9-32)45(68)52-39(26-33-10-11-34-5-1-2-6-36(34)25-33)46(69)50-16-4-3-7-37(47(70)71)53-49(74)54-38(48(72)73)14-15-41(60)61;/h1-2,5-6,10-11,25,32,35,37-39H,3-4,7-9,12-24,26-31H2,(H,50,69)(H,51,59)(H,52,68)(H,60,61)(H,62,63)(H,64,65)(H,66,67)(H,70,71)(H,72,73)(H2,53,54,74);/t32?,35?,37-,38+,39-;/m0./s1. The van der Waals surface area contributed by atoms with E-state index in [0.29, 0.717) is 45.3 Å². The van der Waals surface area contributed by atoms with Gasteiger partial charge in [0.05, 0.1) is 26.2 Å². The van der Waals surface area contributed by atoms with E-state index in [-0.39, 0.29) is 155 Å². The number of amides is 5. The second-order valence-corrected chi connectivity index (χ2v) is 18.9. The number of hydrogen-bond acceptors (Lipinski definition) is 14. The van der Waals surface area contributed by atoms with E-state index < -0.39 is 84.6 Å². The van der Waals surface area contributed by atoms with Crippen molar-refractivity contribution in [2.24, 2.45) is 11.8 Å². The fourth-order valence-corrected chi connectivity index (χ4v) is 8.98. The van der Waals surface area contributed by atoms with Crippen molar-refractivity contribution in [3.63, 3.8) is 0 Å². The van der Waals surface area contributed by atoms with Gasteiger partial charge >= 0.3 is 41.8 Å². The summed E-state index contributed by atoms with van der Waals surface area (Å²) < 4.78 is 0. The summed E-state index contributed by atoms with van der Waals surface area (Å²) in [5, 5.41) is 71.4. The summed E-state index contributed by atoms with van der Waals surface area (Å²) in [7, 11) is 0. The van der Waals surface area contributed by atoms with Gasteiger partial charge in [0.25, 0.3) is 0 Å². The molecule has 1 aliphatic heterocycles. The van der Waals surface area contributed by atoms with Crippen molar-refractivity contribution >= 4 is 70.3 Å². The van der Waals surface area contributed by atoms with E-state index in [9.17, 15) is 73.5 Å². The molecule has 75 heavy (non-hydrogen) atoms. The predicted molar refractivity (Wildman–Crippen MR) is 265 cm³/mol. The summed E-state index contributed by atoms with van der Waals surface area (Å²) >= 11 is 0. The third kappa shape index (κ3) is 24.7. The minimum absolute atomic E-state index is 0. The largest absolute Gasteiger partial charge is 0.481 e. The number of urea groups is 1. The zero-order valence-electron chi connectivity index (χ0n) is 42.0. The number of fused-ring (bicyclic) bond motifs is 1. The van der Waals surface area contributed by atoms with Crippen LogP contribution < -0.4 is 26.6 Å². The van der Waals surface area contributed by atoms with Crippen molar-refractivity contribution in [1.29, 1.82) is 0 Å². The Kier molecular flexibility index (Phi) is 28.4. The smallest absolute Gasteiger partial charge is 0.326 e. The summed E-state index contributed by atoms with van der Waals surface area (Å²) in [5.41, 5.74) is 0.803. The van der Waals surface area contributed by atoms with Crippen molar-refractivity contribution in [3.8, 4) is 0 Å². The minimum Gasteiger partial charge on any atom is -0.481 e. The average molecular weight is 1270 g/mol. The number of carbonyl (C=O) groups is 10. The summed E-state index contributed by atoms with van der Waals surface area (Å²) in [6.07, 6.45) is 1.91. The number of carboxylic acids is 6. The first kappa shape index (κ1) is 63.7. The first-order valence-electron chi connectivity index (χ1n) is 24.9. The molecule has 1 saturated heterocycles. The van der Waals surface area contributed by atoms with Crippen LogP contribution in [0.2, 0.25) is 0 Å². The van der Waals surface area contributed by atoms with Crippen molar-refractivity contribution < 1.29 is 119 Å². The molecule has 11 N–H and O–H groups in total. The second kappa shape index (κ2) is 33.4. The van der Waals surface area contributed by atoms with Gasteiger partial charge in [-0.3, -0.25) is 53.2 Å². The van der Waals surface area contributed by atoms with Crippen molar-refractivity contribution in [2.75, 3.05) is 91.6 Å². The Morgan fingerprint density at radius 1 is 0.533 bits per heavy atom. The molecule has 2 fully saturated rings. The SMILES string of the molecule is O=C(O)CC[C@@H](NC(=O)N[C@@H](CCCCNC(=O)[C@H](Cc1ccc2ccccc2c1)NC(=O)C1CCC(CNC(=O)CN2CCN(CC(=O)O)CCN(CC(=O)O)CCN(CC(=O)O)CC2)CC1)C(=O)O)C(=O)O.[Th]. The Morgan fingerprint density at radius 3 is 1.52 bits per heavy atom. The van der Waals surface area contributed by atoms with E-state index >= 15 is 0 Å². The molecule has 3 atom stereocenters. The number of aliphatic carboxylic acids is 6. The van der Waals surface area contributed by atoms with Gasteiger partial charge in [-0.15, -0.1) is 0 Å². The number of unbranched alkanes of at least 4 members (excludes halogenated alkanes) is 1. The molecular weight excluding hydrogens is 1200 g/mol. The molecule has 412 valence electrons. The van der Waals surface area contributed by atoms with Gasteiger partial charge in [-0.25, -0.2) is 14.4 Å². The summed E-state index contributed by atoms with van der Waals surface area (Å²) in [6, 6.07) is 8.44. The van der Waals surface area contributed by atoms with Crippen LogP contribution in [0.4, 0.5) is 4.79 Å². The van der Waals surface area contributed by atoms with Crippen LogP contribution in [0.3, 0.4) is 0 Å². The molecular formula is C49H71N9O16Th. The molecule has 4 rings (SSSR count). The number of nitrogens with zero attached hydrogens (tertiary/aromatic N) is 4. The van der Waals surface area contributed by atoms with Gasteiger partial charge in [-0.2, -0.15) is 0 Å². The van der Waals surface area contributed by atoms with Crippen LogP contribution in [0.15, 0.2) is 42.5 Å². The van der Waals surface area contributed by atoms with Gasteiger partial charge < -0.3 is 57.2 Å². The van der Waals surface area contributed by atoms with Gasteiger partial charge in [0.1, 0.15) is 18.1 Å². The molecule has 5 amide bonds. The van der Waals surface area contributed by atoms with E-state index in [1.807, 2.05) is 47.4 Å². The normalized spacial score (nSPS) is 18.5. The Bertz CT molecular complexity index is 2240. The van der Waals surface area contributed by atoms with Crippen LogP contribution in [0.25, 0.3) is 10.8 Å². The number of carbonyl (C=O) groups excluding carboxylic acids is 4. The van der Waals surface area contributed by atoms with E-state index in [1.165, 1.54) is 0 Å². The zero-order valence-corrected chi connectivity index (χ0v) is 46.1. The first-order valence-corrected chi connectivity index (χ1v) is 24.9. The molecule has 1 aliphatic carbocycles. The molecule has 0 aromatic heterocycles. The van der Waals surface area contributed by atoms with Crippen LogP contribution in [0, 0.1) is 51.8 Å². The molecule has 0 spiro atoms. The Balaban J connectivity index is 0.0000148. The van der Waals surface area contributed by atoms with E-state index in [2.05, 4.69) is 26.6 Å². The number of rotatable bonds is 27. The van der Waals surface area contributed by atoms with E-state index in [4.69, 9.17) is 5.11 Å². The van der Waals surface area contributed by atoms with Crippen LogP contribution in [-0.2, 0) is 49.6 Å². The van der Waals surface area contributed by atoms with E-state index in [0.717, 1.165) is 16.3 Å². The maximum Gasteiger partial charge on any atom is 0.326 e. The number of carboxylic acid groups (broad SMARTS) is 6. The summed E-state index contributed by atoms with van der Waals surface area (Å²) in [4.78, 5) is 129. The van der Waals surface area contributed by atoms with Gasteiger partial charge in [-0.05, 0) is 73.6 Å².